The predicted molar refractivity (Wildman–Crippen MR) is 96.8 cm³/mol. The number of aryl methyl sites for hydroxylation is 1. The van der Waals surface area contributed by atoms with E-state index in [2.05, 4.69) is 15.5 Å². The lowest BCUT2D eigenvalue weighted by atomic mass is 10.1. The molecule has 0 fully saturated rings. The summed E-state index contributed by atoms with van der Waals surface area (Å²) in [5, 5.41) is 16.2. The first-order valence-electron chi connectivity index (χ1n) is 8.60. The molecule has 0 saturated heterocycles. The summed E-state index contributed by atoms with van der Waals surface area (Å²) < 4.78 is 5.18. The van der Waals surface area contributed by atoms with Crippen LogP contribution in [0.1, 0.15) is 44.9 Å². The molecule has 0 bridgehead atoms. The first-order chi connectivity index (χ1) is 12.5. The lowest BCUT2D eigenvalue weighted by Crippen LogP contribution is -2.40. The number of rotatable bonds is 10. The van der Waals surface area contributed by atoms with Crippen LogP contribution < -0.4 is 5.32 Å². The van der Waals surface area contributed by atoms with E-state index in [-0.39, 0.29) is 12.3 Å². The molecule has 1 amide bonds. The Morgan fingerprint density at radius 3 is 2.65 bits per heavy atom. The first-order valence-corrected chi connectivity index (χ1v) is 8.98. The highest BCUT2D eigenvalue weighted by Crippen LogP contribution is 2.19. The van der Waals surface area contributed by atoms with Gasteiger partial charge >= 0.3 is 5.97 Å². The molecule has 0 aliphatic carbocycles. The number of carbonyl (C=O) groups is 2. The van der Waals surface area contributed by atoms with Gasteiger partial charge in [-0.2, -0.15) is 4.98 Å². The van der Waals surface area contributed by atoms with E-state index in [0.717, 1.165) is 18.4 Å². The van der Waals surface area contributed by atoms with Gasteiger partial charge in [0.05, 0.1) is 0 Å². The Morgan fingerprint density at radius 1 is 1.27 bits per heavy atom. The van der Waals surface area contributed by atoms with Crippen LogP contribution in [0.2, 0.25) is 5.02 Å². The fraction of sp³-hybridized carbons (Fsp3) is 0.444. The van der Waals surface area contributed by atoms with Gasteiger partial charge in [0.1, 0.15) is 6.04 Å². The number of hydrogen-bond donors (Lipinski definition) is 2. The van der Waals surface area contributed by atoms with Gasteiger partial charge in [0.2, 0.25) is 17.6 Å². The van der Waals surface area contributed by atoms with Crippen LogP contribution in [0.25, 0.3) is 11.4 Å². The molecule has 0 aliphatic heterocycles. The third-order valence-corrected chi connectivity index (χ3v) is 4.10. The average molecular weight is 380 g/mol. The van der Waals surface area contributed by atoms with Gasteiger partial charge in [0, 0.05) is 23.4 Å². The fourth-order valence-electron chi connectivity index (χ4n) is 2.40. The maximum absolute atomic E-state index is 11.9. The number of nitrogens with zero attached hydrogens (tertiary/aromatic N) is 2. The molecule has 1 aromatic heterocycles. The molecule has 140 valence electrons. The first kappa shape index (κ1) is 19.9. The average Bonchev–Trinajstić information content (AvgIpc) is 3.08. The summed E-state index contributed by atoms with van der Waals surface area (Å²) in [5.74, 6) is -0.391. The summed E-state index contributed by atoms with van der Waals surface area (Å²) in [6, 6.07) is 6.26. The maximum atomic E-state index is 11.9. The number of aromatic nitrogens is 2. The quantitative estimate of drug-likeness (QED) is 0.654. The molecule has 0 saturated carbocycles. The second kappa shape index (κ2) is 9.91. The molecule has 1 heterocycles. The van der Waals surface area contributed by atoms with E-state index in [1.54, 1.807) is 24.3 Å². The SMILES string of the molecule is CCCCC(NC(=O)CCCc1nc(-c2ccc(Cl)cc2)no1)C(=O)O. The normalized spacial score (nSPS) is 11.9. The number of hydrogen-bond acceptors (Lipinski definition) is 5. The van der Waals surface area contributed by atoms with Crippen molar-refractivity contribution in [3.8, 4) is 11.4 Å². The van der Waals surface area contributed by atoms with Gasteiger partial charge in [0.15, 0.2) is 0 Å². The van der Waals surface area contributed by atoms with E-state index in [9.17, 15) is 9.59 Å². The standard InChI is InChI=1S/C18H22ClN3O4/c1-2-3-5-14(18(24)25)20-15(23)6-4-7-16-21-17(22-26-16)12-8-10-13(19)11-9-12/h8-11,14H,2-7H2,1H3,(H,20,23)(H,24,25). The van der Waals surface area contributed by atoms with Crippen LogP contribution >= 0.6 is 11.6 Å². The van der Waals surface area contributed by atoms with Crippen molar-refractivity contribution in [1.82, 2.24) is 15.5 Å². The van der Waals surface area contributed by atoms with Gasteiger partial charge in [-0.3, -0.25) is 4.79 Å². The van der Waals surface area contributed by atoms with Crippen molar-refractivity contribution < 1.29 is 19.2 Å². The molecule has 8 heteroatoms. The van der Waals surface area contributed by atoms with Crippen molar-refractivity contribution in [1.29, 1.82) is 0 Å². The Bertz CT molecular complexity index is 730. The summed E-state index contributed by atoms with van der Waals surface area (Å²) in [6.45, 7) is 1.98. The molecule has 2 rings (SSSR count). The molecule has 0 radical (unpaired) electrons. The van der Waals surface area contributed by atoms with Crippen molar-refractivity contribution in [2.45, 2.75) is 51.5 Å². The number of unbranched alkanes of at least 4 members (excludes halogenated alkanes) is 1. The molecule has 0 aliphatic rings. The van der Waals surface area contributed by atoms with Crippen LogP contribution in [0, 0.1) is 0 Å². The Morgan fingerprint density at radius 2 is 2.00 bits per heavy atom. The van der Waals surface area contributed by atoms with E-state index < -0.39 is 12.0 Å². The van der Waals surface area contributed by atoms with E-state index in [1.807, 2.05) is 6.92 Å². The topological polar surface area (TPSA) is 105 Å². The minimum absolute atomic E-state index is 0.203. The van der Waals surface area contributed by atoms with Crippen molar-refractivity contribution in [2.75, 3.05) is 0 Å². The van der Waals surface area contributed by atoms with Crippen molar-refractivity contribution >= 4 is 23.5 Å². The van der Waals surface area contributed by atoms with Gasteiger partial charge in [-0.25, -0.2) is 4.79 Å². The summed E-state index contributed by atoms with van der Waals surface area (Å²) in [7, 11) is 0. The van der Waals surface area contributed by atoms with Crippen LogP contribution in [0.5, 0.6) is 0 Å². The van der Waals surface area contributed by atoms with Gasteiger partial charge in [0.25, 0.3) is 0 Å². The van der Waals surface area contributed by atoms with Crippen LogP contribution in [0.15, 0.2) is 28.8 Å². The second-order valence-electron chi connectivity index (χ2n) is 5.97. The van der Waals surface area contributed by atoms with Crippen molar-refractivity contribution in [3.05, 3.63) is 35.2 Å². The van der Waals surface area contributed by atoms with Crippen LogP contribution in [-0.4, -0.2) is 33.2 Å². The van der Waals surface area contributed by atoms with Crippen LogP contribution in [0.3, 0.4) is 0 Å². The maximum Gasteiger partial charge on any atom is 0.326 e. The number of nitrogens with one attached hydrogen (secondary N) is 1. The van der Waals surface area contributed by atoms with Crippen molar-refractivity contribution in [2.24, 2.45) is 0 Å². The number of carbonyl (C=O) groups excluding carboxylic acids is 1. The minimum atomic E-state index is -1.00. The van der Waals surface area contributed by atoms with E-state index >= 15 is 0 Å². The summed E-state index contributed by atoms with van der Waals surface area (Å²) in [6.07, 6.45) is 3.22. The number of carboxylic acids is 1. The summed E-state index contributed by atoms with van der Waals surface area (Å²) in [4.78, 5) is 27.3. The van der Waals surface area contributed by atoms with Gasteiger partial charge in [-0.05, 0) is 37.1 Å². The Balaban J connectivity index is 1.79. The molecule has 1 unspecified atom stereocenters. The highest BCUT2D eigenvalue weighted by Gasteiger charge is 2.19. The molecule has 0 spiro atoms. The van der Waals surface area contributed by atoms with E-state index in [1.165, 1.54) is 0 Å². The highest BCUT2D eigenvalue weighted by atomic mass is 35.5. The van der Waals surface area contributed by atoms with Gasteiger partial charge in [-0.1, -0.05) is 36.5 Å². The molecule has 26 heavy (non-hydrogen) atoms. The lowest BCUT2D eigenvalue weighted by molar-refractivity contribution is -0.142. The summed E-state index contributed by atoms with van der Waals surface area (Å²) in [5.41, 5.74) is 0.794. The predicted octanol–water partition coefficient (Wildman–Crippen LogP) is 3.47. The Labute approximate surface area is 156 Å². The van der Waals surface area contributed by atoms with Crippen molar-refractivity contribution in [3.63, 3.8) is 0 Å². The largest absolute Gasteiger partial charge is 0.480 e. The fourth-order valence-corrected chi connectivity index (χ4v) is 2.53. The number of aliphatic carboxylic acids is 1. The number of carboxylic acid groups (broad SMARTS) is 1. The van der Waals surface area contributed by atoms with Gasteiger partial charge < -0.3 is 14.9 Å². The molecule has 7 nitrogen and oxygen atoms in total. The molecule has 2 aromatic rings. The van der Waals surface area contributed by atoms with Crippen LogP contribution in [0.4, 0.5) is 0 Å². The number of benzene rings is 1. The minimum Gasteiger partial charge on any atom is -0.480 e. The Kier molecular flexibility index (Phi) is 7.59. The number of halogens is 1. The monoisotopic (exact) mass is 379 g/mol. The zero-order chi connectivity index (χ0) is 18.9. The van der Waals surface area contributed by atoms with Gasteiger partial charge in [-0.15, -0.1) is 0 Å². The third-order valence-electron chi connectivity index (χ3n) is 3.84. The lowest BCUT2D eigenvalue weighted by Gasteiger charge is -2.13. The van der Waals surface area contributed by atoms with E-state index in [0.29, 0.717) is 36.0 Å². The highest BCUT2D eigenvalue weighted by molar-refractivity contribution is 6.30. The summed E-state index contributed by atoms with van der Waals surface area (Å²) >= 11 is 5.85. The number of amides is 1. The molecular weight excluding hydrogens is 358 g/mol. The smallest absolute Gasteiger partial charge is 0.326 e. The van der Waals surface area contributed by atoms with Crippen LogP contribution in [-0.2, 0) is 16.0 Å². The Hall–Kier alpha value is -2.41. The molecule has 1 aromatic carbocycles. The molecular formula is C18H22ClN3O4. The molecule has 1 atom stereocenters. The van der Waals surface area contributed by atoms with E-state index in [4.69, 9.17) is 21.2 Å². The zero-order valence-corrected chi connectivity index (χ0v) is 15.3. The zero-order valence-electron chi connectivity index (χ0n) is 14.6. The second-order valence-corrected chi connectivity index (χ2v) is 6.41. The third kappa shape index (κ3) is 6.15. The molecule has 2 N–H and O–H groups in total.